The van der Waals surface area contributed by atoms with E-state index in [2.05, 4.69) is 0 Å². The van der Waals surface area contributed by atoms with Crippen molar-refractivity contribution >= 4 is 5.97 Å². The van der Waals surface area contributed by atoms with Gasteiger partial charge in [-0.2, -0.15) is 0 Å². The number of carboxylic acid groups (broad SMARTS) is 1. The van der Waals surface area contributed by atoms with E-state index < -0.39 is 36.0 Å². The molecule has 1 rings (SSSR count). The minimum atomic E-state index is -2.43. The smallest absolute Gasteiger partial charge is 0.339 e. The molecule has 0 heterocycles. The van der Waals surface area contributed by atoms with Gasteiger partial charge >= 0.3 is 5.97 Å². The summed E-state index contributed by atoms with van der Waals surface area (Å²) in [5.41, 5.74) is -2.43. The largest absolute Gasteiger partial charge is 0.479 e. The third-order valence-electron chi connectivity index (χ3n) is 1.91. The van der Waals surface area contributed by atoms with Crippen LogP contribution in [0.15, 0.2) is 11.9 Å². The Labute approximate surface area is 72.7 Å². The van der Waals surface area contributed by atoms with Crippen molar-refractivity contribution < 1.29 is 29.6 Å². The highest BCUT2D eigenvalue weighted by Crippen LogP contribution is 2.28. The number of hydrogen-bond acceptors (Lipinski definition) is 4. The first-order valence-corrected chi connectivity index (χ1v) is 3.57. The van der Waals surface area contributed by atoms with Gasteiger partial charge in [0.2, 0.25) is 0 Å². The zero-order chi connectivity index (χ0) is 10.2. The molecule has 0 bridgehead atoms. The predicted molar refractivity (Wildman–Crippen MR) is 38.4 cm³/mol. The number of carboxylic acids is 1. The van der Waals surface area contributed by atoms with Crippen LogP contribution >= 0.6 is 0 Å². The Morgan fingerprint density at radius 2 is 2.15 bits per heavy atom. The van der Waals surface area contributed by atoms with Crippen LogP contribution in [0.25, 0.3) is 0 Å². The number of aliphatic hydroxyl groups is 3. The van der Waals surface area contributed by atoms with Gasteiger partial charge in [-0.3, -0.25) is 0 Å². The highest BCUT2D eigenvalue weighted by Gasteiger charge is 2.44. The molecule has 0 unspecified atom stereocenters. The van der Waals surface area contributed by atoms with Crippen LogP contribution in [0.5, 0.6) is 0 Å². The summed E-state index contributed by atoms with van der Waals surface area (Å²) in [7, 11) is 0. The fraction of sp³-hybridized carbons (Fsp3) is 0.571. The molecule has 0 aliphatic heterocycles. The van der Waals surface area contributed by atoms with E-state index in [9.17, 15) is 14.3 Å². The Morgan fingerprint density at radius 1 is 1.62 bits per heavy atom. The molecule has 0 amide bonds. The average Bonchev–Trinajstić information content (AvgIpc) is 2.00. The van der Waals surface area contributed by atoms with Crippen molar-refractivity contribution in [3.8, 4) is 0 Å². The van der Waals surface area contributed by atoms with E-state index in [1.807, 2.05) is 0 Å². The maximum Gasteiger partial charge on any atom is 0.339 e. The maximum atomic E-state index is 12.7. The van der Waals surface area contributed by atoms with Crippen LogP contribution in [0.1, 0.15) is 6.42 Å². The third-order valence-corrected chi connectivity index (χ3v) is 1.91. The molecule has 1 aliphatic rings. The van der Waals surface area contributed by atoms with Gasteiger partial charge in [-0.05, 0) is 6.08 Å². The molecule has 0 saturated heterocycles. The Balaban J connectivity index is 3.00. The van der Waals surface area contributed by atoms with Gasteiger partial charge in [-0.1, -0.05) is 0 Å². The minimum absolute atomic E-state index is 0.396. The van der Waals surface area contributed by atoms with E-state index in [1.165, 1.54) is 0 Å². The average molecular weight is 192 g/mol. The Hall–Kier alpha value is -0.980. The third kappa shape index (κ3) is 1.69. The molecular formula is C7H9FO5. The van der Waals surface area contributed by atoms with Crippen molar-refractivity contribution in [3.63, 3.8) is 0 Å². The van der Waals surface area contributed by atoms with E-state index in [-0.39, 0.29) is 0 Å². The number of carbonyl (C=O) groups is 1. The molecule has 74 valence electrons. The summed E-state index contributed by atoms with van der Waals surface area (Å²) in [5, 5.41) is 35.5. The Kier molecular flexibility index (Phi) is 2.38. The van der Waals surface area contributed by atoms with E-state index >= 15 is 0 Å². The molecule has 4 N–H and O–H groups in total. The molecule has 0 radical (unpaired) electrons. The van der Waals surface area contributed by atoms with Crippen molar-refractivity contribution in [2.24, 2.45) is 0 Å². The molecule has 5 nitrogen and oxygen atoms in total. The molecule has 3 atom stereocenters. The van der Waals surface area contributed by atoms with Crippen molar-refractivity contribution in [3.05, 3.63) is 11.9 Å². The maximum absolute atomic E-state index is 12.7. The monoisotopic (exact) mass is 192 g/mol. The van der Waals surface area contributed by atoms with Gasteiger partial charge in [0.25, 0.3) is 0 Å². The second-order valence-corrected chi connectivity index (χ2v) is 2.97. The lowest BCUT2D eigenvalue weighted by molar-refractivity contribution is -0.159. The lowest BCUT2D eigenvalue weighted by atomic mass is 9.87. The summed E-state index contributed by atoms with van der Waals surface area (Å²) >= 11 is 0. The summed E-state index contributed by atoms with van der Waals surface area (Å²) in [6, 6.07) is 0. The fourth-order valence-corrected chi connectivity index (χ4v) is 1.14. The first-order chi connectivity index (χ1) is 5.87. The normalized spacial score (nSPS) is 39.8. The van der Waals surface area contributed by atoms with Gasteiger partial charge in [0.05, 0.1) is 6.10 Å². The Morgan fingerprint density at radius 3 is 2.54 bits per heavy atom. The van der Waals surface area contributed by atoms with E-state index in [1.54, 1.807) is 0 Å². The zero-order valence-corrected chi connectivity index (χ0v) is 6.51. The minimum Gasteiger partial charge on any atom is -0.479 e. The van der Waals surface area contributed by atoms with Gasteiger partial charge in [0, 0.05) is 6.42 Å². The van der Waals surface area contributed by atoms with Crippen LogP contribution in [0.2, 0.25) is 0 Å². The van der Waals surface area contributed by atoms with E-state index in [0.717, 1.165) is 0 Å². The van der Waals surface area contributed by atoms with Crippen LogP contribution in [0.4, 0.5) is 4.39 Å². The van der Waals surface area contributed by atoms with Crippen LogP contribution in [-0.4, -0.2) is 44.2 Å². The highest BCUT2D eigenvalue weighted by molar-refractivity contribution is 5.80. The second-order valence-electron chi connectivity index (χ2n) is 2.97. The SMILES string of the molecule is O=C(O)[C@]1(O)C=C(F)[C@@H](O)[C@H](O)C1. The quantitative estimate of drug-likeness (QED) is 0.417. The number of rotatable bonds is 1. The number of aliphatic hydroxyl groups excluding tert-OH is 2. The second kappa shape index (κ2) is 3.06. The molecule has 0 spiro atoms. The number of hydrogen-bond donors (Lipinski definition) is 4. The van der Waals surface area contributed by atoms with Crippen molar-refractivity contribution in [2.75, 3.05) is 0 Å². The van der Waals surface area contributed by atoms with Crippen LogP contribution in [0, 0.1) is 0 Å². The number of halogens is 1. The van der Waals surface area contributed by atoms with Crippen molar-refractivity contribution in [2.45, 2.75) is 24.2 Å². The predicted octanol–water partition coefficient (Wildman–Crippen LogP) is -1.22. The molecule has 0 saturated carbocycles. The van der Waals surface area contributed by atoms with Crippen molar-refractivity contribution in [1.29, 1.82) is 0 Å². The summed E-state index contributed by atoms with van der Waals surface area (Å²) < 4.78 is 12.7. The summed E-state index contributed by atoms with van der Waals surface area (Å²) in [6.07, 6.45) is -3.59. The summed E-state index contributed by atoms with van der Waals surface area (Å²) in [5.74, 6) is -2.89. The standard InChI is InChI=1S/C7H9FO5/c8-3-1-7(13,6(11)12)2-4(9)5(3)10/h1,4-5,9-10,13H,2H2,(H,11,12)/t4-,5-,7+/m1/s1. The van der Waals surface area contributed by atoms with Gasteiger partial charge < -0.3 is 20.4 Å². The Bertz CT molecular complexity index is 264. The molecule has 0 aromatic carbocycles. The van der Waals surface area contributed by atoms with Gasteiger partial charge in [-0.15, -0.1) is 0 Å². The fourth-order valence-electron chi connectivity index (χ4n) is 1.14. The van der Waals surface area contributed by atoms with Crippen LogP contribution in [0.3, 0.4) is 0 Å². The number of aliphatic carboxylic acids is 1. The lowest BCUT2D eigenvalue weighted by Gasteiger charge is -2.30. The van der Waals surface area contributed by atoms with Crippen molar-refractivity contribution in [1.82, 2.24) is 0 Å². The van der Waals surface area contributed by atoms with E-state index in [4.69, 9.17) is 15.3 Å². The summed E-state index contributed by atoms with van der Waals surface area (Å²) in [6.45, 7) is 0. The molecule has 0 fully saturated rings. The van der Waals surface area contributed by atoms with Crippen LogP contribution in [-0.2, 0) is 4.79 Å². The first kappa shape index (κ1) is 10.1. The lowest BCUT2D eigenvalue weighted by Crippen LogP contribution is -2.47. The first-order valence-electron chi connectivity index (χ1n) is 3.57. The highest BCUT2D eigenvalue weighted by atomic mass is 19.1. The van der Waals surface area contributed by atoms with Gasteiger partial charge in [0.15, 0.2) is 5.60 Å². The van der Waals surface area contributed by atoms with Crippen LogP contribution < -0.4 is 0 Å². The van der Waals surface area contributed by atoms with E-state index in [0.29, 0.717) is 6.08 Å². The molecular weight excluding hydrogens is 183 g/mol. The molecule has 13 heavy (non-hydrogen) atoms. The molecule has 0 aromatic rings. The topological polar surface area (TPSA) is 98.0 Å². The molecule has 1 aliphatic carbocycles. The molecule has 0 aromatic heterocycles. The zero-order valence-electron chi connectivity index (χ0n) is 6.51. The molecule has 6 heteroatoms. The van der Waals surface area contributed by atoms with Gasteiger partial charge in [0.1, 0.15) is 11.9 Å². The summed E-state index contributed by atoms with van der Waals surface area (Å²) in [4.78, 5) is 10.4. The van der Waals surface area contributed by atoms with Gasteiger partial charge in [-0.25, -0.2) is 9.18 Å².